The van der Waals surface area contributed by atoms with Gasteiger partial charge in [0.05, 0.1) is 0 Å². The molecule has 0 aliphatic rings. The van der Waals surface area contributed by atoms with Gasteiger partial charge in [0.1, 0.15) is 6.33 Å². The molecule has 1 heterocycles. The monoisotopic (exact) mass is 197 g/mol. The molecule has 14 heavy (non-hydrogen) atoms. The maximum Gasteiger partial charge on any atom is 0.354 e. The molecule has 6 heteroatoms. The van der Waals surface area contributed by atoms with Gasteiger partial charge in [-0.05, 0) is 6.07 Å². The number of aromatic carboxylic acids is 1. The van der Waals surface area contributed by atoms with Gasteiger partial charge in [-0.3, -0.25) is 4.79 Å². The second-order valence-electron chi connectivity index (χ2n) is 2.47. The summed E-state index contributed by atoms with van der Waals surface area (Å²) >= 11 is 0. The third kappa shape index (κ3) is 5.64. The van der Waals surface area contributed by atoms with E-state index in [1.54, 1.807) is 14.1 Å². The van der Waals surface area contributed by atoms with E-state index in [-0.39, 0.29) is 5.69 Å². The Hall–Kier alpha value is -1.98. The highest BCUT2D eigenvalue weighted by atomic mass is 16.4. The van der Waals surface area contributed by atoms with Crippen molar-refractivity contribution >= 4 is 12.4 Å². The zero-order chi connectivity index (χ0) is 11.0. The first-order valence-corrected chi connectivity index (χ1v) is 3.69. The number of carboxylic acid groups (broad SMARTS) is 1. The lowest BCUT2D eigenvalue weighted by atomic mass is 10.4. The summed E-state index contributed by atoms with van der Waals surface area (Å²) in [7, 11) is 3.38. The Kier molecular flexibility index (Phi) is 5.60. The lowest BCUT2D eigenvalue weighted by Gasteiger charge is -1.93. The van der Waals surface area contributed by atoms with Gasteiger partial charge >= 0.3 is 5.97 Å². The molecule has 1 amide bonds. The lowest BCUT2D eigenvalue weighted by Crippen LogP contribution is -2.06. The molecule has 0 spiro atoms. The van der Waals surface area contributed by atoms with Crippen LogP contribution < -0.4 is 0 Å². The molecule has 0 unspecified atom stereocenters. The van der Waals surface area contributed by atoms with E-state index >= 15 is 0 Å². The summed E-state index contributed by atoms with van der Waals surface area (Å²) in [5, 5.41) is 8.29. The zero-order valence-electron chi connectivity index (χ0n) is 7.91. The standard InChI is InChI=1S/C5H4N2O2.C3H7NO/c8-5(9)4-1-2-6-3-7-4;1-4(2)3-5/h1-3H,(H,8,9);3H,1-2H3. The molecular formula is C8H11N3O3. The Balaban J connectivity index is 0.000000292. The summed E-state index contributed by atoms with van der Waals surface area (Å²) in [5.41, 5.74) is 0.0185. The summed E-state index contributed by atoms with van der Waals surface area (Å²) in [6.07, 6.45) is 3.33. The maximum atomic E-state index is 10.1. The van der Waals surface area contributed by atoms with Crippen molar-refractivity contribution < 1.29 is 14.7 Å². The Morgan fingerprint density at radius 1 is 1.57 bits per heavy atom. The fraction of sp³-hybridized carbons (Fsp3) is 0.250. The molecular weight excluding hydrogens is 186 g/mol. The molecule has 1 rings (SSSR count). The highest BCUT2D eigenvalue weighted by Gasteiger charge is 1.99. The van der Waals surface area contributed by atoms with Crippen molar-refractivity contribution in [2.24, 2.45) is 0 Å². The van der Waals surface area contributed by atoms with Gasteiger partial charge in [0, 0.05) is 20.3 Å². The minimum absolute atomic E-state index is 0.0185. The van der Waals surface area contributed by atoms with Crippen molar-refractivity contribution in [3.05, 3.63) is 24.3 Å². The lowest BCUT2D eigenvalue weighted by molar-refractivity contribution is -0.115. The van der Waals surface area contributed by atoms with Crippen LogP contribution in [0.2, 0.25) is 0 Å². The molecule has 0 aliphatic heterocycles. The van der Waals surface area contributed by atoms with Crippen LogP contribution in [0, 0.1) is 0 Å². The number of hydrogen-bond donors (Lipinski definition) is 1. The minimum atomic E-state index is -1.03. The average Bonchev–Trinajstić information content (AvgIpc) is 2.20. The molecule has 0 atom stereocenters. The maximum absolute atomic E-state index is 10.1. The van der Waals surface area contributed by atoms with Gasteiger partial charge < -0.3 is 10.0 Å². The predicted octanol–water partition coefficient (Wildman–Crippen LogP) is -0.121. The van der Waals surface area contributed by atoms with Gasteiger partial charge in [-0.15, -0.1) is 0 Å². The molecule has 0 aliphatic carbocycles. The van der Waals surface area contributed by atoms with Crippen LogP contribution in [0.1, 0.15) is 10.5 Å². The average molecular weight is 197 g/mol. The molecule has 0 fully saturated rings. The van der Waals surface area contributed by atoms with Crippen LogP contribution in [-0.4, -0.2) is 46.4 Å². The number of hydrogen-bond acceptors (Lipinski definition) is 4. The molecule has 6 nitrogen and oxygen atoms in total. The van der Waals surface area contributed by atoms with E-state index in [2.05, 4.69) is 9.97 Å². The van der Waals surface area contributed by atoms with Crippen LogP contribution >= 0.6 is 0 Å². The summed E-state index contributed by atoms with van der Waals surface area (Å²) in [6, 6.07) is 1.34. The Morgan fingerprint density at radius 2 is 2.14 bits per heavy atom. The number of carbonyl (C=O) groups excluding carboxylic acids is 1. The van der Waals surface area contributed by atoms with Gasteiger partial charge in [-0.25, -0.2) is 14.8 Å². The summed E-state index contributed by atoms with van der Waals surface area (Å²) in [4.78, 5) is 28.0. The van der Waals surface area contributed by atoms with Crippen molar-refractivity contribution in [1.29, 1.82) is 0 Å². The second kappa shape index (κ2) is 6.53. The SMILES string of the molecule is CN(C)C=O.O=C(O)c1ccncn1. The van der Waals surface area contributed by atoms with Crippen LogP contribution in [0.25, 0.3) is 0 Å². The van der Waals surface area contributed by atoms with Crippen LogP contribution in [0.15, 0.2) is 18.6 Å². The van der Waals surface area contributed by atoms with Gasteiger partial charge in [-0.1, -0.05) is 0 Å². The molecule has 76 valence electrons. The van der Waals surface area contributed by atoms with E-state index in [1.165, 1.54) is 23.5 Å². The molecule has 0 saturated carbocycles. The summed E-state index contributed by atoms with van der Waals surface area (Å²) in [5.74, 6) is -1.03. The number of aromatic nitrogens is 2. The molecule has 1 N–H and O–H groups in total. The highest BCUT2D eigenvalue weighted by molar-refractivity contribution is 5.84. The van der Waals surface area contributed by atoms with Crippen LogP contribution in [0.4, 0.5) is 0 Å². The van der Waals surface area contributed by atoms with Gasteiger partial charge in [0.2, 0.25) is 6.41 Å². The quantitative estimate of drug-likeness (QED) is 0.668. The van der Waals surface area contributed by atoms with Gasteiger partial charge in [0.25, 0.3) is 0 Å². The first-order valence-electron chi connectivity index (χ1n) is 3.69. The van der Waals surface area contributed by atoms with Crippen molar-refractivity contribution in [1.82, 2.24) is 14.9 Å². The number of rotatable bonds is 2. The first-order chi connectivity index (χ1) is 6.57. The Morgan fingerprint density at radius 3 is 2.36 bits per heavy atom. The van der Waals surface area contributed by atoms with Crippen LogP contribution in [0.5, 0.6) is 0 Å². The van der Waals surface area contributed by atoms with Crippen molar-refractivity contribution in [2.45, 2.75) is 0 Å². The smallest absolute Gasteiger partial charge is 0.354 e. The number of carboxylic acids is 1. The molecule has 1 aromatic heterocycles. The Labute approximate surface area is 81.2 Å². The van der Waals surface area contributed by atoms with Crippen molar-refractivity contribution in [3.63, 3.8) is 0 Å². The van der Waals surface area contributed by atoms with Crippen molar-refractivity contribution in [2.75, 3.05) is 14.1 Å². The van der Waals surface area contributed by atoms with E-state index < -0.39 is 5.97 Å². The highest BCUT2D eigenvalue weighted by Crippen LogP contribution is 1.87. The van der Waals surface area contributed by atoms with E-state index in [0.717, 1.165) is 6.41 Å². The molecule has 1 aromatic rings. The summed E-state index contributed by atoms with van der Waals surface area (Å²) in [6.45, 7) is 0. The van der Waals surface area contributed by atoms with E-state index in [1.807, 2.05) is 0 Å². The zero-order valence-corrected chi connectivity index (χ0v) is 7.91. The van der Waals surface area contributed by atoms with Crippen molar-refractivity contribution in [3.8, 4) is 0 Å². The number of carbonyl (C=O) groups is 2. The van der Waals surface area contributed by atoms with E-state index in [9.17, 15) is 9.59 Å². The second-order valence-corrected chi connectivity index (χ2v) is 2.47. The predicted molar refractivity (Wildman–Crippen MR) is 48.7 cm³/mol. The van der Waals surface area contributed by atoms with Gasteiger partial charge in [-0.2, -0.15) is 0 Å². The van der Waals surface area contributed by atoms with Crippen LogP contribution in [-0.2, 0) is 4.79 Å². The van der Waals surface area contributed by atoms with Gasteiger partial charge in [0.15, 0.2) is 5.69 Å². The van der Waals surface area contributed by atoms with E-state index in [4.69, 9.17) is 5.11 Å². The molecule has 0 aromatic carbocycles. The summed E-state index contributed by atoms with van der Waals surface area (Å²) < 4.78 is 0. The van der Waals surface area contributed by atoms with E-state index in [0.29, 0.717) is 0 Å². The third-order valence-electron chi connectivity index (χ3n) is 1.01. The first kappa shape index (κ1) is 12.0. The third-order valence-corrected chi connectivity index (χ3v) is 1.01. The molecule has 0 bridgehead atoms. The molecule has 0 radical (unpaired) electrons. The fourth-order valence-corrected chi connectivity index (χ4v) is 0.417. The normalized spacial score (nSPS) is 8.14. The minimum Gasteiger partial charge on any atom is -0.477 e. The largest absolute Gasteiger partial charge is 0.477 e. The fourth-order valence-electron chi connectivity index (χ4n) is 0.417. The number of nitrogens with zero attached hydrogens (tertiary/aromatic N) is 3. The molecule has 0 saturated heterocycles. The Bertz CT molecular complexity index is 287. The topological polar surface area (TPSA) is 83.4 Å². The van der Waals surface area contributed by atoms with Crippen LogP contribution in [0.3, 0.4) is 0 Å². The number of amides is 1.